The van der Waals surface area contributed by atoms with E-state index in [4.69, 9.17) is 5.73 Å². The van der Waals surface area contributed by atoms with Crippen LogP contribution in [0.15, 0.2) is 12.1 Å². The smallest absolute Gasteiger partial charge is 0.318 e. The molecule has 0 bridgehead atoms. The lowest BCUT2D eigenvalue weighted by Crippen LogP contribution is -2.14. The van der Waals surface area contributed by atoms with Crippen molar-refractivity contribution in [3.63, 3.8) is 0 Å². The Morgan fingerprint density at radius 1 is 1.29 bits per heavy atom. The molecule has 0 heterocycles. The SMILES string of the molecule is COc1c(C(N)=O)cc([N+](=O)[O-])cc1[N+](=O)[O-]. The van der Waals surface area contributed by atoms with Crippen molar-refractivity contribution in [3.8, 4) is 5.75 Å². The zero-order chi connectivity index (χ0) is 13.2. The number of carbonyl (C=O) groups excluding carboxylic acids is 1. The lowest BCUT2D eigenvalue weighted by atomic mass is 10.1. The van der Waals surface area contributed by atoms with Crippen molar-refractivity contribution < 1.29 is 19.4 Å². The molecule has 0 aliphatic carbocycles. The topological polar surface area (TPSA) is 139 Å². The van der Waals surface area contributed by atoms with Gasteiger partial charge in [-0.25, -0.2) is 0 Å². The highest BCUT2D eigenvalue weighted by molar-refractivity contribution is 5.98. The molecule has 0 aliphatic rings. The molecular weight excluding hydrogens is 234 g/mol. The van der Waals surface area contributed by atoms with Crippen LogP contribution in [0.4, 0.5) is 11.4 Å². The molecule has 9 heteroatoms. The molecule has 0 spiro atoms. The molecule has 0 saturated heterocycles. The molecule has 1 aromatic rings. The molecule has 1 amide bonds. The van der Waals surface area contributed by atoms with Gasteiger partial charge in [0, 0.05) is 6.07 Å². The molecule has 90 valence electrons. The summed E-state index contributed by atoms with van der Waals surface area (Å²) in [5, 5.41) is 21.2. The van der Waals surface area contributed by atoms with Crippen molar-refractivity contribution in [2.45, 2.75) is 0 Å². The van der Waals surface area contributed by atoms with E-state index >= 15 is 0 Å². The Bertz CT molecular complexity index is 477. The van der Waals surface area contributed by atoms with Gasteiger partial charge in [0.2, 0.25) is 5.75 Å². The van der Waals surface area contributed by atoms with Gasteiger partial charge >= 0.3 is 5.69 Å². The van der Waals surface area contributed by atoms with Gasteiger partial charge in [0.05, 0.1) is 28.6 Å². The summed E-state index contributed by atoms with van der Waals surface area (Å²) in [6.07, 6.45) is 0. The van der Waals surface area contributed by atoms with Crippen molar-refractivity contribution in [2.24, 2.45) is 5.73 Å². The fourth-order valence-electron chi connectivity index (χ4n) is 1.24. The van der Waals surface area contributed by atoms with Crippen LogP contribution >= 0.6 is 0 Å². The number of amides is 1. The second-order valence-corrected chi connectivity index (χ2v) is 2.92. The number of nitrogens with two attached hydrogens (primary N) is 1. The molecule has 0 saturated carbocycles. The standard InChI is InChI=1S/C8H7N3O6/c1-17-7-5(8(9)12)2-4(10(13)14)3-6(7)11(15)16/h2-3H,1H3,(H2,9,12). The van der Waals surface area contributed by atoms with Gasteiger partial charge in [0.15, 0.2) is 0 Å². The zero-order valence-corrected chi connectivity index (χ0v) is 8.58. The molecule has 0 radical (unpaired) electrons. The minimum absolute atomic E-state index is 0.395. The van der Waals surface area contributed by atoms with Gasteiger partial charge in [0.1, 0.15) is 0 Å². The van der Waals surface area contributed by atoms with Crippen LogP contribution in [-0.2, 0) is 0 Å². The van der Waals surface area contributed by atoms with E-state index in [1.807, 2.05) is 0 Å². The molecule has 0 fully saturated rings. The molecule has 0 aliphatic heterocycles. The number of benzene rings is 1. The molecule has 2 N–H and O–H groups in total. The maximum absolute atomic E-state index is 11.0. The first-order valence-corrected chi connectivity index (χ1v) is 4.19. The summed E-state index contributed by atoms with van der Waals surface area (Å²) in [4.78, 5) is 30.5. The maximum Gasteiger partial charge on any atom is 0.318 e. The summed E-state index contributed by atoms with van der Waals surface area (Å²) in [7, 11) is 1.10. The van der Waals surface area contributed by atoms with E-state index in [0.29, 0.717) is 6.07 Å². The third-order valence-corrected chi connectivity index (χ3v) is 1.93. The number of rotatable bonds is 4. The highest BCUT2D eigenvalue weighted by Crippen LogP contribution is 2.34. The normalized spacial score (nSPS) is 9.71. The molecule has 17 heavy (non-hydrogen) atoms. The van der Waals surface area contributed by atoms with Crippen LogP contribution in [0.5, 0.6) is 5.75 Å². The van der Waals surface area contributed by atoms with Crippen LogP contribution in [-0.4, -0.2) is 22.9 Å². The van der Waals surface area contributed by atoms with E-state index < -0.39 is 38.4 Å². The zero-order valence-electron chi connectivity index (χ0n) is 8.58. The fourth-order valence-corrected chi connectivity index (χ4v) is 1.24. The lowest BCUT2D eigenvalue weighted by molar-refractivity contribution is -0.394. The summed E-state index contributed by atoms with van der Waals surface area (Å²) in [6, 6.07) is 1.53. The van der Waals surface area contributed by atoms with E-state index in [-0.39, 0.29) is 0 Å². The summed E-state index contributed by atoms with van der Waals surface area (Å²) >= 11 is 0. The van der Waals surface area contributed by atoms with Gasteiger partial charge in [-0.2, -0.15) is 0 Å². The minimum Gasteiger partial charge on any atom is -0.490 e. The number of nitro benzene ring substituents is 2. The first kappa shape index (κ1) is 12.4. The predicted molar refractivity (Wildman–Crippen MR) is 54.8 cm³/mol. The number of nitrogens with zero attached hydrogens (tertiary/aromatic N) is 2. The lowest BCUT2D eigenvalue weighted by Gasteiger charge is -2.05. The number of ether oxygens (including phenoxy) is 1. The summed E-state index contributed by atoms with van der Waals surface area (Å²) in [6.45, 7) is 0. The van der Waals surface area contributed by atoms with Crippen molar-refractivity contribution in [1.82, 2.24) is 0 Å². The van der Waals surface area contributed by atoms with Gasteiger partial charge in [-0.05, 0) is 0 Å². The Morgan fingerprint density at radius 3 is 2.24 bits per heavy atom. The average Bonchev–Trinajstić information content (AvgIpc) is 2.26. The van der Waals surface area contributed by atoms with Crippen molar-refractivity contribution >= 4 is 17.3 Å². The average molecular weight is 241 g/mol. The minimum atomic E-state index is -1.05. The van der Waals surface area contributed by atoms with Crippen LogP contribution < -0.4 is 10.5 Å². The van der Waals surface area contributed by atoms with Crippen LogP contribution in [0.1, 0.15) is 10.4 Å². The highest BCUT2D eigenvalue weighted by atomic mass is 16.6. The Kier molecular flexibility index (Phi) is 3.22. The molecule has 0 atom stereocenters. The monoisotopic (exact) mass is 241 g/mol. The third kappa shape index (κ3) is 2.27. The number of hydrogen-bond donors (Lipinski definition) is 1. The Labute approximate surface area is 94.1 Å². The molecule has 1 aromatic carbocycles. The number of non-ortho nitro benzene ring substituents is 1. The van der Waals surface area contributed by atoms with Crippen molar-refractivity contribution in [3.05, 3.63) is 37.9 Å². The van der Waals surface area contributed by atoms with Crippen LogP contribution in [0, 0.1) is 20.2 Å². The Balaban J connectivity index is 3.63. The number of nitro groups is 2. The maximum atomic E-state index is 11.0. The molecular formula is C8H7N3O6. The van der Waals surface area contributed by atoms with Crippen molar-refractivity contribution in [2.75, 3.05) is 7.11 Å². The van der Waals surface area contributed by atoms with Gasteiger partial charge in [-0.1, -0.05) is 0 Å². The van der Waals surface area contributed by atoms with E-state index in [1.165, 1.54) is 0 Å². The van der Waals surface area contributed by atoms with Crippen LogP contribution in [0.3, 0.4) is 0 Å². The number of methoxy groups -OCH3 is 1. The van der Waals surface area contributed by atoms with Gasteiger partial charge in [-0.15, -0.1) is 0 Å². The Morgan fingerprint density at radius 2 is 1.88 bits per heavy atom. The van der Waals surface area contributed by atoms with E-state index in [1.54, 1.807) is 0 Å². The second-order valence-electron chi connectivity index (χ2n) is 2.92. The molecule has 0 aromatic heterocycles. The summed E-state index contributed by atoms with van der Waals surface area (Å²) in [5.74, 6) is -1.44. The first-order chi connectivity index (χ1) is 7.88. The predicted octanol–water partition coefficient (Wildman–Crippen LogP) is 0.610. The summed E-state index contributed by atoms with van der Waals surface area (Å²) in [5.41, 5.74) is 3.27. The number of carbonyl (C=O) groups is 1. The Hall–Kier alpha value is -2.71. The van der Waals surface area contributed by atoms with Crippen molar-refractivity contribution in [1.29, 1.82) is 0 Å². The second kappa shape index (κ2) is 4.43. The quantitative estimate of drug-likeness (QED) is 0.605. The fraction of sp³-hybridized carbons (Fsp3) is 0.125. The van der Waals surface area contributed by atoms with Gasteiger partial charge in [0.25, 0.3) is 11.6 Å². The highest BCUT2D eigenvalue weighted by Gasteiger charge is 2.27. The van der Waals surface area contributed by atoms with E-state index in [2.05, 4.69) is 4.74 Å². The molecule has 1 rings (SSSR count). The van der Waals surface area contributed by atoms with Crippen LogP contribution in [0.2, 0.25) is 0 Å². The number of hydrogen-bond acceptors (Lipinski definition) is 6. The summed E-state index contributed by atoms with van der Waals surface area (Å²) < 4.78 is 4.67. The van der Waals surface area contributed by atoms with E-state index in [0.717, 1.165) is 13.2 Å². The third-order valence-electron chi connectivity index (χ3n) is 1.93. The van der Waals surface area contributed by atoms with Gasteiger partial charge in [-0.3, -0.25) is 25.0 Å². The van der Waals surface area contributed by atoms with Crippen LogP contribution in [0.25, 0.3) is 0 Å². The largest absolute Gasteiger partial charge is 0.490 e. The first-order valence-electron chi connectivity index (χ1n) is 4.19. The molecule has 0 unspecified atom stereocenters. The van der Waals surface area contributed by atoms with E-state index in [9.17, 15) is 25.0 Å². The van der Waals surface area contributed by atoms with Gasteiger partial charge < -0.3 is 10.5 Å². The number of primary amides is 1. The molecule has 9 nitrogen and oxygen atoms in total.